The lowest BCUT2D eigenvalue weighted by Crippen LogP contribution is -2.24. The normalized spacial score (nSPS) is 10.8. The van der Waals surface area contributed by atoms with Gasteiger partial charge in [-0.15, -0.1) is 0 Å². The monoisotopic (exact) mass is 444 g/mol. The smallest absolute Gasteiger partial charge is 0.251 e. The van der Waals surface area contributed by atoms with E-state index in [-0.39, 0.29) is 5.91 Å². The molecule has 33 heavy (non-hydrogen) atoms. The third-order valence-electron chi connectivity index (χ3n) is 5.33. The van der Waals surface area contributed by atoms with Crippen LogP contribution in [-0.2, 0) is 13.0 Å². The number of unbranched alkanes of at least 4 members (excludes halogenated alkanes) is 1. The minimum absolute atomic E-state index is 0.0993. The summed E-state index contributed by atoms with van der Waals surface area (Å²) in [7, 11) is 1.64. The molecule has 0 bridgehead atoms. The summed E-state index contributed by atoms with van der Waals surface area (Å²) in [5.41, 5.74) is 2.31. The fourth-order valence-electron chi connectivity index (χ4n) is 3.53. The van der Waals surface area contributed by atoms with Gasteiger partial charge in [0.1, 0.15) is 5.75 Å². The van der Waals surface area contributed by atoms with Crippen LogP contribution in [0.15, 0.2) is 67.0 Å². The molecule has 0 aliphatic carbocycles. The highest BCUT2D eigenvalue weighted by Crippen LogP contribution is 2.24. The zero-order valence-electron chi connectivity index (χ0n) is 18.9. The van der Waals surface area contributed by atoms with Crippen LogP contribution in [0, 0.1) is 0 Å². The number of carbonyl (C=O) groups excluding carboxylic acids is 1. The standard InChI is InChI=1S/C25H28N6O2/c1-3-23-28-24(19-10-12-22(33-2)13-11-19)31(29-23)21-9-6-8-20(18-21)25(32)26-14-4-5-16-30-17-7-15-27-30/h6-13,15,17-18H,3-5,14,16H2,1-2H3,(H,26,32). The van der Waals surface area contributed by atoms with Crippen LogP contribution in [0.1, 0.15) is 35.9 Å². The van der Waals surface area contributed by atoms with Gasteiger partial charge in [-0.1, -0.05) is 13.0 Å². The first kappa shape index (κ1) is 22.3. The number of benzene rings is 2. The van der Waals surface area contributed by atoms with Crippen LogP contribution in [0.25, 0.3) is 17.1 Å². The number of nitrogens with one attached hydrogen (secondary N) is 1. The average Bonchev–Trinajstić information content (AvgIpc) is 3.54. The molecule has 0 spiro atoms. The van der Waals surface area contributed by atoms with Gasteiger partial charge in [0.2, 0.25) is 0 Å². The highest BCUT2D eigenvalue weighted by Gasteiger charge is 2.15. The number of hydrogen-bond donors (Lipinski definition) is 1. The van der Waals surface area contributed by atoms with E-state index in [4.69, 9.17) is 9.72 Å². The Kier molecular flexibility index (Phi) is 7.14. The maximum absolute atomic E-state index is 12.7. The van der Waals surface area contributed by atoms with E-state index < -0.39 is 0 Å². The van der Waals surface area contributed by atoms with Crippen LogP contribution in [0.2, 0.25) is 0 Å². The van der Waals surface area contributed by atoms with Gasteiger partial charge in [-0.3, -0.25) is 9.48 Å². The van der Waals surface area contributed by atoms with Crippen LogP contribution in [0.4, 0.5) is 0 Å². The lowest BCUT2D eigenvalue weighted by molar-refractivity contribution is 0.0953. The Morgan fingerprint density at radius 1 is 1.09 bits per heavy atom. The van der Waals surface area contributed by atoms with E-state index in [0.29, 0.717) is 12.1 Å². The van der Waals surface area contributed by atoms with Crippen molar-refractivity contribution < 1.29 is 9.53 Å². The van der Waals surface area contributed by atoms with Crippen molar-refractivity contribution in [2.45, 2.75) is 32.7 Å². The maximum atomic E-state index is 12.7. The second-order valence-corrected chi connectivity index (χ2v) is 7.63. The minimum Gasteiger partial charge on any atom is -0.497 e. The molecule has 1 N–H and O–H groups in total. The Morgan fingerprint density at radius 3 is 2.67 bits per heavy atom. The number of aromatic nitrogens is 5. The van der Waals surface area contributed by atoms with Crippen LogP contribution >= 0.6 is 0 Å². The number of ether oxygens (including phenoxy) is 1. The van der Waals surface area contributed by atoms with E-state index in [1.54, 1.807) is 18.0 Å². The minimum atomic E-state index is -0.0993. The lowest BCUT2D eigenvalue weighted by Gasteiger charge is -2.09. The summed E-state index contributed by atoms with van der Waals surface area (Å²) >= 11 is 0. The van der Waals surface area contributed by atoms with Crippen molar-refractivity contribution in [1.29, 1.82) is 0 Å². The van der Waals surface area contributed by atoms with Gasteiger partial charge in [-0.2, -0.15) is 10.2 Å². The van der Waals surface area contributed by atoms with Crippen molar-refractivity contribution in [3.63, 3.8) is 0 Å². The molecule has 8 nitrogen and oxygen atoms in total. The fraction of sp³-hybridized carbons (Fsp3) is 0.280. The van der Waals surface area contributed by atoms with Crippen molar-refractivity contribution in [3.05, 3.63) is 78.4 Å². The number of hydrogen-bond acceptors (Lipinski definition) is 5. The Hall–Kier alpha value is -3.94. The molecule has 0 radical (unpaired) electrons. The first-order valence-corrected chi connectivity index (χ1v) is 11.1. The topological polar surface area (TPSA) is 86.9 Å². The predicted octanol–water partition coefficient (Wildman–Crippen LogP) is 3.91. The highest BCUT2D eigenvalue weighted by atomic mass is 16.5. The van der Waals surface area contributed by atoms with Gasteiger partial charge in [0.05, 0.1) is 12.8 Å². The van der Waals surface area contributed by atoms with E-state index in [0.717, 1.165) is 54.5 Å². The molecule has 8 heteroatoms. The predicted molar refractivity (Wildman–Crippen MR) is 127 cm³/mol. The number of aryl methyl sites for hydroxylation is 2. The van der Waals surface area contributed by atoms with Gasteiger partial charge in [-0.05, 0) is 61.4 Å². The molecule has 0 atom stereocenters. The van der Waals surface area contributed by atoms with Crippen molar-refractivity contribution >= 4 is 5.91 Å². The molecule has 0 saturated heterocycles. The molecule has 170 valence electrons. The molecule has 2 aromatic heterocycles. The van der Waals surface area contributed by atoms with Gasteiger partial charge in [0.25, 0.3) is 5.91 Å². The Morgan fingerprint density at radius 2 is 1.94 bits per heavy atom. The Labute approximate surface area is 193 Å². The van der Waals surface area contributed by atoms with Gasteiger partial charge >= 0.3 is 0 Å². The van der Waals surface area contributed by atoms with Crippen molar-refractivity contribution in [3.8, 4) is 22.8 Å². The molecule has 2 aromatic carbocycles. The quantitative estimate of drug-likeness (QED) is 0.375. The third-order valence-corrected chi connectivity index (χ3v) is 5.33. The lowest BCUT2D eigenvalue weighted by atomic mass is 10.1. The molecule has 0 fully saturated rings. The van der Waals surface area contributed by atoms with Crippen LogP contribution in [0.3, 0.4) is 0 Å². The summed E-state index contributed by atoms with van der Waals surface area (Å²) in [5, 5.41) is 11.9. The molecular formula is C25H28N6O2. The molecule has 0 unspecified atom stereocenters. The number of rotatable bonds is 10. The first-order chi connectivity index (χ1) is 16.2. The van der Waals surface area contributed by atoms with Crippen LogP contribution < -0.4 is 10.1 Å². The summed E-state index contributed by atoms with van der Waals surface area (Å²) in [6.07, 6.45) is 6.27. The Balaban J connectivity index is 1.46. The number of methoxy groups -OCH3 is 1. The molecular weight excluding hydrogens is 416 g/mol. The molecule has 4 rings (SSSR count). The van der Waals surface area contributed by atoms with Gasteiger partial charge in [0.15, 0.2) is 11.6 Å². The zero-order chi connectivity index (χ0) is 23.0. The number of amides is 1. The fourth-order valence-corrected chi connectivity index (χ4v) is 3.53. The average molecular weight is 445 g/mol. The van der Waals surface area contributed by atoms with E-state index in [1.807, 2.05) is 72.4 Å². The SMILES string of the molecule is CCc1nc(-c2ccc(OC)cc2)n(-c2cccc(C(=O)NCCCCn3cccn3)c2)n1. The third kappa shape index (κ3) is 5.46. The molecule has 0 aliphatic heterocycles. The Bertz CT molecular complexity index is 1180. The highest BCUT2D eigenvalue weighted by molar-refractivity contribution is 5.94. The van der Waals surface area contributed by atoms with Crippen molar-refractivity contribution in [1.82, 2.24) is 29.9 Å². The largest absolute Gasteiger partial charge is 0.497 e. The van der Waals surface area contributed by atoms with Crippen molar-refractivity contribution in [2.24, 2.45) is 0 Å². The zero-order valence-corrected chi connectivity index (χ0v) is 18.9. The molecule has 0 aliphatic rings. The van der Waals surface area contributed by atoms with Crippen LogP contribution in [-0.4, -0.2) is 44.1 Å². The van der Waals surface area contributed by atoms with E-state index in [9.17, 15) is 4.79 Å². The first-order valence-electron chi connectivity index (χ1n) is 11.1. The maximum Gasteiger partial charge on any atom is 0.251 e. The van der Waals surface area contributed by atoms with Crippen LogP contribution in [0.5, 0.6) is 5.75 Å². The van der Waals surface area contributed by atoms with Gasteiger partial charge < -0.3 is 10.1 Å². The number of carbonyl (C=O) groups is 1. The van der Waals surface area contributed by atoms with E-state index in [2.05, 4.69) is 15.5 Å². The summed E-state index contributed by atoms with van der Waals surface area (Å²) < 4.78 is 8.95. The molecule has 4 aromatic rings. The molecule has 0 saturated carbocycles. The number of nitrogens with zero attached hydrogens (tertiary/aromatic N) is 5. The van der Waals surface area contributed by atoms with Gasteiger partial charge in [-0.25, -0.2) is 9.67 Å². The summed E-state index contributed by atoms with van der Waals surface area (Å²) in [4.78, 5) is 17.4. The second kappa shape index (κ2) is 10.6. The van der Waals surface area contributed by atoms with Crippen molar-refractivity contribution in [2.75, 3.05) is 13.7 Å². The summed E-state index contributed by atoms with van der Waals surface area (Å²) in [6.45, 7) is 3.48. The molecule has 1 amide bonds. The van der Waals surface area contributed by atoms with Gasteiger partial charge in [0, 0.05) is 43.0 Å². The summed E-state index contributed by atoms with van der Waals surface area (Å²) in [6, 6.07) is 17.1. The van der Waals surface area contributed by atoms with E-state index in [1.165, 1.54) is 0 Å². The van der Waals surface area contributed by atoms with E-state index >= 15 is 0 Å². The summed E-state index contributed by atoms with van der Waals surface area (Å²) in [5.74, 6) is 2.15. The molecule has 2 heterocycles. The second-order valence-electron chi connectivity index (χ2n) is 7.63.